The van der Waals surface area contributed by atoms with Gasteiger partial charge in [-0.1, -0.05) is 44.0 Å². The third-order valence-corrected chi connectivity index (χ3v) is 6.37. The Balaban J connectivity index is 1.81. The van der Waals surface area contributed by atoms with Crippen LogP contribution in [0.25, 0.3) is 17.2 Å². The summed E-state index contributed by atoms with van der Waals surface area (Å²) in [6.45, 7) is 4.69. The van der Waals surface area contributed by atoms with Crippen molar-refractivity contribution in [1.29, 1.82) is 5.26 Å². The molecule has 0 saturated carbocycles. The summed E-state index contributed by atoms with van der Waals surface area (Å²) in [6, 6.07) is 16.4. The van der Waals surface area contributed by atoms with Crippen LogP contribution in [0.5, 0.6) is 11.5 Å². The Morgan fingerprint density at radius 3 is 2.35 bits per heavy atom. The lowest BCUT2D eigenvalue weighted by Gasteiger charge is -2.09. The van der Waals surface area contributed by atoms with Gasteiger partial charge >= 0.3 is 5.97 Å². The van der Waals surface area contributed by atoms with E-state index >= 15 is 0 Å². The minimum Gasteiger partial charge on any atom is -0.497 e. The molecule has 0 saturated heterocycles. The molecule has 0 aliphatic carbocycles. The Morgan fingerprint density at radius 2 is 1.73 bits per heavy atom. The Kier molecular flexibility index (Phi) is 10.3. The molecule has 7 nitrogen and oxygen atoms in total. The standard InChI is InChI=1S/C29H30N2O5S/c1-4-6-7-16-36-24-12-8-20(9-13-24)17-22(18-30)27(32)31-28-26(29(33)35-5-2)25(19-37-28)21-10-14-23(34-3)15-11-21/h8-15,17,19H,4-7,16H2,1-3H3,(H,31,32)/b22-17-. The van der Waals surface area contributed by atoms with Crippen molar-refractivity contribution in [3.63, 3.8) is 0 Å². The number of esters is 1. The van der Waals surface area contributed by atoms with Crippen LogP contribution in [0, 0.1) is 11.3 Å². The first-order chi connectivity index (χ1) is 18.0. The van der Waals surface area contributed by atoms with E-state index in [9.17, 15) is 14.9 Å². The van der Waals surface area contributed by atoms with Gasteiger partial charge in [0.2, 0.25) is 0 Å². The number of anilines is 1. The van der Waals surface area contributed by atoms with Crippen LogP contribution < -0.4 is 14.8 Å². The van der Waals surface area contributed by atoms with Gasteiger partial charge < -0.3 is 19.5 Å². The quantitative estimate of drug-likeness (QED) is 0.124. The highest BCUT2D eigenvalue weighted by atomic mass is 32.1. The fraction of sp³-hybridized carbons (Fsp3) is 0.276. The summed E-state index contributed by atoms with van der Waals surface area (Å²) in [5.41, 5.74) is 2.23. The third-order valence-electron chi connectivity index (χ3n) is 5.47. The van der Waals surface area contributed by atoms with Crippen LogP contribution in [-0.2, 0) is 9.53 Å². The van der Waals surface area contributed by atoms with Gasteiger partial charge in [-0.2, -0.15) is 5.26 Å². The number of amides is 1. The molecular weight excluding hydrogens is 488 g/mol. The molecule has 0 fully saturated rings. The Morgan fingerprint density at radius 1 is 1.03 bits per heavy atom. The van der Waals surface area contributed by atoms with E-state index in [-0.39, 0.29) is 17.7 Å². The van der Waals surface area contributed by atoms with E-state index in [2.05, 4.69) is 12.2 Å². The first-order valence-electron chi connectivity index (χ1n) is 12.1. The van der Waals surface area contributed by atoms with Crippen molar-refractivity contribution in [2.24, 2.45) is 0 Å². The number of unbranched alkanes of at least 4 members (excludes halogenated alkanes) is 2. The average molecular weight is 519 g/mol. The first-order valence-corrected chi connectivity index (χ1v) is 13.0. The highest BCUT2D eigenvalue weighted by Gasteiger charge is 2.24. The lowest BCUT2D eigenvalue weighted by Crippen LogP contribution is -2.16. The second kappa shape index (κ2) is 13.9. The number of nitrogens with one attached hydrogen (secondary N) is 1. The second-order valence-corrected chi connectivity index (χ2v) is 8.93. The normalized spacial score (nSPS) is 10.9. The molecule has 0 bridgehead atoms. The molecule has 3 aromatic rings. The molecule has 1 aromatic heterocycles. The fourth-order valence-electron chi connectivity index (χ4n) is 3.53. The van der Waals surface area contributed by atoms with Crippen LogP contribution in [0.4, 0.5) is 5.00 Å². The molecule has 2 aromatic carbocycles. The van der Waals surface area contributed by atoms with Gasteiger partial charge in [0.05, 0.1) is 20.3 Å². The summed E-state index contributed by atoms with van der Waals surface area (Å²) in [7, 11) is 1.58. The molecule has 3 rings (SSSR count). The maximum Gasteiger partial charge on any atom is 0.341 e. The number of nitriles is 1. The number of carbonyl (C=O) groups excluding carboxylic acids is 2. The molecular formula is C29H30N2O5S. The number of hydrogen-bond acceptors (Lipinski definition) is 7. The number of benzene rings is 2. The molecule has 0 aliphatic rings. The topological polar surface area (TPSA) is 97.6 Å². The Bertz CT molecular complexity index is 1270. The fourth-order valence-corrected chi connectivity index (χ4v) is 4.48. The lowest BCUT2D eigenvalue weighted by atomic mass is 10.0. The van der Waals surface area contributed by atoms with Crippen molar-refractivity contribution in [2.45, 2.75) is 33.1 Å². The van der Waals surface area contributed by atoms with Gasteiger partial charge in [-0.25, -0.2) is 4.79 Å². The molecule has 192 valence electrons. The molecule has 1 heterocycles. The van der Waals surface area contributed by atoms with Crippen LogP contribution in [0.1, 0.15) is 49.0 Å². The molecule has 1 N–H and O–H groups in total. The predicted molar refractivity (Wildman–Crippen MR) is 146 cm³/mol. The maximum absolute atomic E-state index is 13.0. The number of nitrogens with zero attached hydrogens (tertiary/aromatic N) is 1. The molecule has 1 amide bonds. The number of hydrogen-bond donors (Lipinski definition) is 1. The van der Waals surface area contributed by atoms with Gasteiger partial charge in [0.1, 0.15) is 33.7 Å². The zero-order valence-corrected chi connectivity index (χ0v) is 22.0. The summed E-state index contributed by atoms with van der Waals surface area (Å²) < 4.78 is 16.2. The highest BCUT2D eigenvalue weighted by Crippen LogP contribution is 2.37. The maximum atomic E-state index is 13.0. The summed E-state index contributed by atoms with van der Waals surface area (Å²) in [4.78, 5) is 25.8. The number of rotatable bonds is 12. The summed E-state index contributed by atoms with van der Waals surface area (Å²) in [5.74, 6) is 0.253. The van der Waals surface area contributed by atoms with E-state index in [1.165, 1.54) is 17.4 Å². The largest absolute Gasteiger partial charge is 0.497 e. The summed E-state index contributed by atoms with van der Waals surface area (Å²) in [5, 5.41) is 14.5. The second-order valence-electron chi connectivity index (χ2n) is 8.05. The van der Waals surface area contributed by atoms with Crippen molar-refractivity contribution >= 4 is 34.3 Å². The highest BCUT2D eigenvalue weighted by molar-refractivity contribution is 7.15. The molecule has 0 spiro atoms. The number of ether oxygens (including phenoxy) is 3. The average Bonchev–Trinajstić information content (AvgIpc) is 3.34. The van der Waals surface area contributed by atoms with E-state index in [0.717, 1.165) is 30.6 Å². The van der Waals surface area contributed by atoms with Gasteiger partial charge in [-0.05, 0) is 54.8 Å². The van der Waals surface area contributed by atoms with E-state index in [0.29, 0.717) is 28.5 Å². The van der Waals surface area contributed by atoms with E-state index in [1.54, 1.807) is 43.7 Å². The van der Waals surface area contributed by atoms with Crippen LogP contribution in [0.2, 0.25) is 0 Å². The van der Waals surface area contributed by atoms with Crippen LogP contribution in [-0.4, -0.2) is 32.2 Å². The van der Waals surface area contributed by atoms with E-state index in [4.69, 9.17) is 14.2 Å². The zero-order chi connectivity index (χ0) is 26.6. The van der Waals surface area contributed by atoms with Gasteiger partial charge in [-0.15, -0.1) is 11.3 Å². The van der Waals surface area contributed by atoms with Crippen molar-refractivity contribution in [3.05, 3.63) is 70.6 Å². The van der Waals surface area contributed by atoms with E-state index in [1.807, 2.05) is 30.3 Å². The van der Waals surface area contributed by atoms with Crippen molar-refractivity contribution in [1.82, 2.24) is 0 Å². The molecule has 0 radical (unpaired) electrons. The smallest absolute Gasteiger partial charge is 0.341 e. The molecule has 0 unspecified atom stereocenters. The molecule has 37 heavy (non-hydrogen) atoms. The van der Waals surface area contributed by atoms with Gasteiger partial charge in [0, 0.05) is 10.9 Å². The number of thiophene rings is 1. The summed E-state index contributed by atoms with van der Waals surface area (Å²) >= 11 is 1.19. The SMILES string of the molecule is CCCCCOc1ccc(/C=C(/C#N)C(=O)Nc2scc(-c3ccc(OC)cc3)c2C(=O)OCC)cc1. The monoisotopic (exact) mass is 518 g/mol. The van der Waals surface area contributed by atoms with Crippen LogP contribution >= 0.6 is 11.3 Å². The van der Waals surface area contributed by atoms with Crippen molar-refractivity contribution in [2.75, 3.05) is 25.6 Å². The third kappa shape index (κ3) is 7.45. The number of methoxy groups -OCH3 is 1. The molecule has 8 heteroatoms. The van der Waals surface area contributed by atoms with Crippen molar-refractivity contribution < 1.29 is 23.8 Å². The predicted octanol–water partition coefficient (Wildman–Crippen LogP) is 6.72. The zero-order valence-electron chi connectivity index (χ0n) is 21.2. The lowest BCUT2D eigenvalue weighted by molar-refractivity contribution is -0.112. The van der Waals surface area contributed by atoms with Crippen LogP contribution in [0.3, 0.4) is 0 Å². The first kappa shape index (κ1) is 27.5. The Hall–Kier alpha value is -4.09. The number of carbonyl (C=O) groups is 2. The van der Waals surface area contributed by atoms with Crippen molar-refractivity contribution in [3.8, 4) is 28.7 Å². The minimum atomic E-state index is -0.615. The van der Waals surface area contributed by atoms with Crippen LogP contribution in [0.15, 0.2) is 59.5 Å². The minimum absolute atomic E-state index is 0.0918. The summed E-state index contributed by atoms with van der Waals surface area (Å²) in [6.07, 6.45) is 4.73. The molecule has 0 atom stereocenters. The van der Waals surface area contributed by atoms with E-state index < -0.39 is 11.9 Å². The van der Waals surface area contributed by atoms with Gasteiger partial charge in [-0.3, -0.25) is 4.79 Å². The van der Waals surface area contributed by atoms with Gasteiger partial charge in [0.15, 0.2) is 0 Å². The Labute approximate surface area is 221 Å². The molecule has 0 aliphatic heterocycles. The van der Waals surface area contributed by atoms with Gasteiger partial charge in [0.25, 0.3) is 5.91 Å².